The van der Waals surface area contributed by atoms with Gasteiger partial charge in [0.2, 0.25) is 5.91 Å². The van der Waals surface area contributed by atoms with Crippen LogP contribution in [-0.4, -0.2) is 42.6 Å². The number of rotatable bonds is 4. The quantitative estimate of drug-likeness (QED) is 0.781. The van der Waals surface area contributed by atoms with Crippen LogP contribution in [-0.2, 0) is 9.53 Å². The van der Waals surface area contributed by atoms with Gasteiger partial charge in [-0.1, -0.05) is 6.92 Å². The normalized spacial score (nSPS) is 21.9. The Morgan fingerprint density at radius 1 is 1.56 bits per heavy atom. The molecule has 1 heterocycles. The fourth-order valence-corrected chi connectivity index (χ4v) is 2.08. The lowest BCUT2D eigenvalue weighted by atomic mass is 9.97. The lowest BCUT2D eigenvalue weighted by Crippen LogP contribution is -2.56. The molecule has 1 unspecified atom stereocenters. The summed E-state index contributed by atoms with van der Waals surface area (Å²) in [6.07, 6.45) is 1.79. The summed E-state index contributed by atoms with van der Waals surface area (Å²) < 4.78 is 5.41. The standard InChI is InChI=1S/C12H24N2O2/c1-10(5-4-6-13)11(15)14-7-8-16-9-12(14,2)3/h10H,4-9,13H2,1-3H3. The van der Waals surface area contributed by atoms with Gasteiger partial charge in [0.1, 0.15) is 0 Å². The zero-order chi connectivity index (χ0) is 12.2. The first-order chi connectivity index (χ1) is 7.49. The minimum atomic E-state index is -0.174. The number of hydrogen-bond acceptors (Lipinski definition) is 3. The van der Waals surface area contributed by atoms with Crippen molar-refractivity contribution in [2.75, 3.05) is 26.3 Å². The molecule has 1 fully saturated rings. The number of nitrogens with two attached hydrogens (primary N) is 1. The van der Waals surface area contributed by atoms with Gasteiger partial charge in [-0.05, 0) is 33.2 Å². The van der Waals surface area contributed by atoms with Crippen LogP contribution in [0.2, 0.25) is 0 Å². The predicted molar refractivity (Wildman–Crippen MR) is 64.1 cm³/mol. The van der Waals surface area contributed by atoms with E-state index in [1.165, 1.54) is 0 Å². The van der Waals surface area contributed by atoms with E-state index in [2.05, 4.69) is 13.8 Å². The van der Waals surface area contributed by atoms with Gasteiger partial charge in [0, 0.05) is 12.5 Å². The van der Waals surface area contributed by atoms with Crippen LogP contribution < -0.4 is 5.73 Å². The molecule has 1 saturated heterocycles. The van der Waals surface area contributed by atoms with E-state index in [0.29, 0.717) is 26.3 Å². The molecule has 1 rings (SSSR count). The van der Waals surface area contributed by atoms with E-state index in [0.717, 1.165) is 12.8 Å². The third kappa shape index (κ3) is 3.19. The molecule has 0 aliphatic carbocycles. The zero-order valence-corrected chi connectivity index (χ0v) is 10.7. The molecule has 4 heteroatoms. The second-order valence-corrected chi connectivity index (χ2v) is 5.19. The largest absolute Gasteiger partial charge is 0.377 e. The monoisotopic (exact) mass is 228 g/mol. The van der Waals surface area contributed by atoms with Crippen LogP contribution in [0.15, 0.2) is 0 Å². The highest BCUT2D eigenvalue weighted by atomic mass is 16.5. The van der Waals surface area contributed by atoms with E-state index >= 15 is 0 Å². The number of hydrogen-bond donors (Lipinski definition) is 1. The highest BCUT2D eigenvalue weighted by Crippen LogP contribution is 2.22. The first-order valence-corrected chi connectivity index (χ1v) is 6.08. The maximum absolute atomic E-state index is 12.2. The van der Waals surface area contributed by atoms with Crippen LogP contribution in [0.3, 0.4) is 0 Å². The summed E-state index contributed by atoms with van der Waals surface area (Å²) in [5.74, 6) is 0.308. The van der Waals surface area contributed by atoms with Crippen LogP contribution in [0, 0.1) is 5.92 Å². The topological polar surface area (TPSA) is 55.6 Å². The molecule has 1 aliphatic heterocycles. The molecule has 0 spiro atoms. The van der Waals surface area contributed by atoms with Crippen molar-refractivity contribution in [3.63, 3.8) is 0 Å². The molecule has 0 bridgehead atoms. The Morgan fingerprint density at radius 2 is 2.25 bits per heavy atom. The maximum Gasteiger partial charge on any atom is 0.226 e. The fourth-order valence-electron chi connectivity index (χ4n) is 2.08. The molecule has 1 atom stereocenters. The smallest absolute Gasteiger partial charge is 0.226 e. The molecule has 0 aromatic heterocycles. The lowest BCUT2D eigenvalue weighted by molar-refractivity contribution is -0.150. The van der Waals surface area contributed by atoms with Crippen LogP contribution in [0.5, 0.6) is 0 Å². The predicted octanol–water partition coefficient (Wildman–Crippen LogP) is 0.999. The lowest BCUT2D eigenvalue weighted by Gasteiger charge is -2.43. The van der Waals surface area contributed by atoms with Gasteiger partial charge in [-0.15, -0.1) is 0 Å². The van der Waals surface area contributed by atoms with Crippen molar-refractivity contribution in [2.45, 2.75) is 39.2 Å². The summed E-state index contributed by atoms with van der Waals surface area (Å²) in [5, 5.41) is 0. The summed E-state index contributed by atoms with van der Waals surface area (Å²) in [6, 6.07) is 0. The minimum absolute atomic E-state index is 0.0703. The Labute approximate surface area is 98.1 Å². The number of nitrogens with zero attached hydrogens (tertiary/aromatic N) is 1. The van der Waals surface area contributed by atoms with Crippen molar-refractivity contribution < 1.29 is 9.53 Å². The molecule has 2 N–H and O–H groups in total. The van der Waals surface area contributed by atoms with E-state index < -0.39 is 0 Å². The third-order valence-electron chi connectivity index (χ3n) is 3.17. The Morgan fingerprint density at radius 3 is 2.81 bits per heavy atom. The molecule has 1 amide bonds. The molecule has 16 heavy (non-hydrogen) atoms. The number of carbonyl (C=O) groups is 1. The summed E-state index contributed by atoms with van der Waals surface area (Å²) >= 11 is 0. The highest BCUT2D eigenvalue weighted by Gasteiger charge is 2.35. The summed E-state index contributed by atoms with van der Waals surface area (Å²) in [6.45, 7) is 8.74. The molecule has 1 aliphatic rings. The third-order valence-corrected chi connectivity index (χ3v) is 3.17. The van der Waals surface area contributed by atoms with Crippen LogP contribution in [0.25, 0.3) is 0 Å². The molecular formula is C12H24N2O2. The van der Waals surface area contributed by atoms with Crippen molar-refractivity contribution in [2.24, 2.45) is 11.7 Å². The van der Waals surface area contributed by atoms with E-state index in [4.69, 9.17) is 10.5 Å². The van der Waals surface area contributed by atoms with Gasteiger partial charge >= 0.3 is 0 Å². The minimum Gasteiger partial charge on any atom is -0.377 e. The highest BCUT2D eigenvalue weighted by molar-refractivity contribution is 5.79. The molecule has 94 valence electrons. The Balaban J connectivity index is 2.57. The van der Waals surface area contributed by atoms with Crippen LogP contribution in [0.1, 0.15) is 33.6 Å². The van der Waals surface area contributed by atoms with Crippen molar-refractivity contribution in [1.82, 2.24) is 4.90 Å². The number of morpholine rings is 1. The van der Waals surface area contributed by atoms with Crippen LogP contribution >= 0.6 is 0 Å². The summed E-state index contributed by atoms with van der Waals surface area (Å²) in [5.41, 5.74) is 5.29. The van der Waals surface area contributed by atoms with E-state index in [9.17, 15) is 4.79 Å². The van der Waals surface area contributed by atoms with Crippen molar-refractivity contribution >= 4 is 5.91 Å². The fraction of sp³-hybridized carbons (Fsp3) is 0.917. The van der Waals surface area contributed by atoms with Gasteiger partial charge in [0.05, 0.1) is 18.8 Å². The SMILES string of the molecule is CC(CCCN)C(=O)N1CCOCC1(C)C. The first-order valence-electron chi connectivity index (χ1n) is 6.08. The van der Waals surface area contributed by atoms with Gasteiger partial charge in [0.25, 0.3) is 0 Å². The second-order valence-electron chi connectivity index (χ2n) is 5.19. The summed E-state index contributed by atoms with van der Waals surface area (Å²) in [4.78, 5) is 14.2. The zero-order valence-electron chi connectivity index (χ0n) is 10.7. The Hall–Kier alpha value is -0.610. The van der Waals surface area contributed by atoms with E-state index in [1.54, 1.807) is 0 Å². The van der Waals surface area contributed by atoms with Crippen molar-refractivity contribution in [3.05, 3.63) is 0 Å². The molecule has 0 saturated carbocycles. The molecule has 0 radical (unpaired) electrons. The number of ether oxygens (including phenoxy) is 1. The van der Waals surface area contributed by atoms with Gasteiger partial charge < -0.3 is 15.4 Å². The number of amides is 1. The molecule has 0 aromatic carbocycles. The molecule has 4 nitrogen and oxygen atoms in total. The van der Waals surface area contributed by atoms with E-state index in [1.807, 2.05) is 11.8 Å². The first kappa shape index (κ1) is 13.5. The second kappa shape index (κ2) is 5.64. The van der Waals surface area contributed by atoms with Gasteiger partial charge in [-0.25, -0.2) is 0 Å². The van der Waals surface area contributed by atoms with Gasteiger partial charge in [-0.2, -0.15) is 0 Å². The van der Waals surface area contributed by atoms with Crippen molar-refractivity contribution in [3.8, 4) is 0 Å². The molecular weight excluding hydrogens is 204 g/mol. The van der Waals surface area contributed by atoms with E-state index in [-0.39, 0.29) is 17.4 Å². The Kier molecular flexibility index (Phi) is 4.74. The Bertz CT molecular complexity index is 241. The van der Waals surface area contributed by atoms with Gasteiger partial charge in [-0.3, -0.25) is 4.79 Å². The van der Waals surface area contributed by atoms with Crippen molar-refractivity contribution in [1.29, 1.82) is 0 Å². The summed E-state index contributed by atoms with van der Waals surface area (Å²) in [7, 11) is 0. The average Bonchev–Trinajstić information content (AvgIpc) is 2.24. The average molecular weight is 228 g/mol. The van der Waals surface area contributed by atoms with Gasteiger partial charge in [0.15, 0.2) is 0 Å². The van der Waals surface area contributed by atoms with Crippen LogP contribution in [0.4, 0.5) is 0 Å². The maximum atomic E-state index is 12.2. The number of carbonyl (C=O) groups excluding carboxylic acids is 1. The molecule has 0 aromatic rings.